The highest BCUT2D eigenvalue weighted by Crippen LogP contribution is 2.20. The van der Waals surface area contributed by atoms with E-state index in [0.29, 0.717) is 12.5 Å². The lowest BCUT2D eigenvalue weighted by Gasteiger charge is -2.21. The largest absolute Gasteiger partial charge is 0.355 e. The van der Waals surface area contributed by atoms with E-state index in [-0.39, 0.29) is 11.8 Å². The summed E-state index contributed by atoms with van der Waals surface area (Å²) in [5.74, 6) is 0.663. The van der Waals surface area contributed by atoms with Gasteiger partial charge in [0.15, 0.2) is 15.8 Å². The van der Waals surface area contributed by atoms with Crippen molar-refractivity contribution in [3.05, 3.63) is 48.0 Å². The Morgan fingerprint density at radius 2 is 1.77 bits per heavy atom. The van der Waals surface area contributed by atoms with Gasteiger partial charge >= 0.3 is 0 Å². The molecule has 1 unspecified atom stereocenters. The van der Waals surface area contributed by atoms with Crippen molar-refractivity contribution in [2.75, 3.05) is 19.3 Å². The van der Waals surface area contributed by atoms with Crippen LogP contribution in [0.1, 0.15) is 39.3 Å². The number of aliphatic imine (C=N–C) groups is 1. The van der Waals surface area contributed by atoms with E-state index in [4.69, 9.17) is 0 Å². The van der Waals surface area contributed by atoms with Gasteiger partial charge in [-0.25, -0.2) is 8.42 Å². The van der Waals surface area contributed by atoms with Gasteiger partial charge in [-0.3, -0.25) is 4.99 Å². The summed E-state index contributed by atoms with van der Waals surface area (Å²) in [5, 5.41) is 8.81. The number of hydrogen-bond acceptors (Lipinski definition) is 3. The van der Waals surface area contributed by atoms with Crippen molar-refractivity contribution in [1.29, 1.82) is 0 Å². The maximum atomic E-state index is 12.2. The van der Waals surface area contributed by atoms with Crippen molar-refractivity contribution in [3.63, 3.8) is 0 Å². The maximum Gasteiger partial charge on any atom is 0.191 e. The van der Waals surface area contributed by atoms with E-state index >= 15 is 0 Å². The first-order valence-electron chi connectivity index (χ1n) is 8.82. The minimum absolute atomic E-state index is 0.0463. The molecule has 1 atom stereocenters. The van der Waals surface area contributed by atoms with Crippen molar-refractivity contribution >= 4 is 26.6 Å². The highest BCUT2D eigenvalue weighted by molar-refractivity contribution is 7.92. The maximum absolute atomic E-state index is 12.2. The number of sulfone groups is 1. The molecule has 2 N–H and O–H groups in total. The summed E-state index contributed by atoms with van der Waals surface area (Å²) < 4.78 is 23.6. The summed E-state index contributed by atoms with van der Waals surface area (Å²) in [4.78, 5) is 4.20. The van der Waals surface area contributed by atoms with E-state index < -0.39 is 14.6 Å². The predicted molar refractivity (Wildman–Crippen MR) is 110 cm³/mol. The topological polar surface area (TPSA) is 70.6 Å². The molecule has 2 aromatic rings. The average molecular weight is 376 g/mol. The molecule has 142 valence electrons. The van der Waals surface area contributed by atoms with Crippen molar-refractivity contribution < 1.29 is 8.42 Å². The van der Waals surface area contributed by atoms with E-state index in [1.165, 1.54) is 10.8 Å². The van der Waals surface area contributed by atoms with Gasteiger partial charge < -0.3 is 10.6 Å². The Hall–Kier alpha value is -2.08. The Balaban J connectivity index is 1.98. The number of guanidine groups is 1. The predicted octanol–water partition coefficient (Wildman–Crippen LogP) is 3.28. The molecule has 0 radical (unpaired) electrons. The molecule has 0 saturated carbocycles. The minimum Gasteiger partial charge on any atom is -0.355 e. The second-order valence-corrected chi connectivity index (χ2v) is 10.3. The van der Waals surface area contributed by atoms with Crippen LogP contribution in [0.15, 0.2) is 47.5 Å². The zero-order valence-corrected chi connectivity index (χ0v) is 17.0. The van der Waals surface area contributed by atoms with Crippen LogP contribution in [0.2, 0.25) is 0 Å². The molecule has 0 fully saturated rings. The second kappa shape index (κ2) is 8.08. The first-order chi connectivity index (χ1) is 12.1. The van der Waals surface area contributed by atoms with Gasteiger partial charge in [-0.1, -0.05) is 36.4 Å². The number of hydrogen-bond donors (Lipinski definition) is 2. The lowest BCUT2D eigenvalue weighted by molar-refractivity contribution is 0.558. The molecular weight excluding hydrogens is 346 g/mol. The Morgan fingerprint density at radius 1 is 1.12 bits per heavy atom. The first-order valence-corrected chi connectivity index (χ1v) is 10.5. The molecule has 0 spiro atoms. The van der Waals surface area contributed by atoms with Gasteiger partial charge in [-0.2, -0.15) is 0 Å². The summed E-state index contributed by atoms with van der Waals surface area (Å²) >= 11 is 0. The molecule has 0 aliphatic heterocycles. The van der Waals surface area contributed by atoms with E-state index in [2.05, 4.69) is 52.9 Å². The Kier molecular flexibility index (Phi) is 6.29. The molecule has 0 heterocycles. The molecule has 2 rings (SSSR count). The van der Waals surface area contributed by atoms with Crippen molar-refractivity contribution in [1.82, 2.24) is 10.6 Å². The number of nitrogens with one attached hydrogen (secondary N) is 2. The zero-order valence-electron chi connectivity index (χ0n) is 16.2. The van der Waals surface area contributed by atoms with Gasteiger partial charge in [0, 0.05) is 13.6 Å². The molecule has 6 heteroatoms. The fraction of sp³-hybridized carbons (Fsp3) is 0.450. The summed E-state index contributed by atoms with van der Waals surface area (Å²) in [6, 6.07) is 14.6. The minimum atomic E-state index is -3.15. The highest BCUT2D eigenvalue weighted by atomic mass is 32.2. The van der Waals surface area contributed by atoms with Gasteiger partial charge in [0.25, 0.3) is 0 Å². The van der Waals surface area contributed by atoms with Crippen LogP contribution < -0.4 is 10.6 Å². The van der Waals surface area contributed by atoms with Gasteiger partial charge in [-0.05, 0) is 50.1 Å². The second-order valence-electron chi connectivity index (χ2n) is 7.40. The summed E-state index contributed by atoms with van der Waals surface area (Å²) in [7, 11) is -1.47. The van der Waals surface area contributed by atoms with E-state index in [1.807, 2.05) is 12.1 Å². The lowest BCUT2D eigenvalue weighted by Crippen LogP contribution is -2.42. The Morgan fingerprint density at radius 3 is 2.38 bits per heavy atom. The smallest absolute Gasteiger partial charge is 0.191 e. The van der Waals surface area contributed by atoms with Gasteiger partial charge in [0.1, 0.15) is 0 Å². The van der Waals surface area contributed by atoms with Crippen LogP contribution in [0, 0.1) is 0 Å². The van der Waals surface area contributed by atoms with Crippen LogP contribution in [-0.4, -0.2) is 38.5 Å². The van der Waals surface area contributed by atoms with Gasteiger partial charge in [-0.15, -0.1) is 0 Å². The van der Waals surface area contributed by atoms with E-state index in [0.717, 1.165) is 5.56 Å². The molecular formula is C20H29N3O2S. The molecule has 5 nitrogen and oxygen atoms in total. The molecule has 0 aliphatic carbocycles. The molecule has 0 bridgehead atoms. The summed E-state index contributed by atoms with van der Waals surface area (Å²) in [6.07, 6.45) is 0. The number of fused-ring (bicyclic) bond motifs is 1. The van der Waals surface area contributed by atoms with Crippen LogP contribution in [-0.2, 0) is 9.84 Å². The normalized spacial score (nSPS) is 14.3. The van der Waals surface area contributed by atoms with Crippen LogP contribution in [0.25, 0.3) is 10.8 Å². The molecule has 0 saturated heterocycles. The lowest BCUT2D eigenvalue weighted by atomic mass is 10.0. The monoisotopic (exact) mass is 375 g/mol. The summed E-state index contributed by atoms with van der Waals surface area (Å²) in [6.45, 7) is 7.54. The number of benzene rings is 2. The third kappa shape index (κ3) is 4.97. The zero-order chi connectivity index (χ0) is 19.4. The van der Waals surface area contributed by atoms with Gasteiger partial charge in [0.05, 0.1) is 16.5 Å². The molecule has 0 aromatic heterocycles. The third-order valence-electron chi connectivity index (χ3n) is 4.45. The fourth-order valence-electron chi connectivity index (χ4n) is 2.57. The Labute approximate surface area is 156 Å². The van der Waals surface area contributed by atoms with Crippen LogP contribution >= 0.6 is 0 Å². The van der Waals surface area contributed by atoms with Crippen molar-refractivity contribution in [2.45, 2.75) is 38.5 Å². The van der Waals surface area contributed by atoms with Crippen LogP contribution in [0.3, 0.4) is 0 Å². The van der Waals surface area contributed by atoms with Gasteiger partial charge in [0.2, 0.25) is 0 Å². The summed E-state index contributed by atoms with van der Waals surface area (Å²) in [5.41, 5.74) is 1.15. The number of nitrogens with zero attached hydrogens (tertiary/aromatic N) is 1. The molecule has 0 aliphatic rings. The van der Waals surface area contributed by atoms with E-state index in [1.54, 1.807) is 27.8 Å². The van der Waals surface area contributed by atoms with Crippen molar-refractivity contribution in [2.24, 2.45) is 4.99 Å². The van der Waals surface area contributed by atoms with E-state index in [9.17, 15) is 8.42 Å². The highest BCUT2D eigenvalue weighted by Gasteiger charge is 2.28. The SMILES string of the molecule is CN=C(NCCS(=O)(=O)C(C)(C)C)NC(C)c1ccc2ccccc2c1. The fourth-order valence-corrected chi connectivity index (χ4v) is 3.55. The van der Waals surface area contributed by atoms with Crippen LogP contribution in [0.5, 0.6) is 0 Å². The standard InChI is InChI=1S/C20H29N3O2S/c1-15(17-11-10-16-8-6-7-9-18(16)14-17)23-19(21-5)22-12-13-26(24,25)20(2,3)4/h6-11,14-15H,12-13H2,1-5H3,(H2,21,22,23). The van der Waals surface area contributed by atoms with Crippen molar-refractivity contribution in [3.8, 4) is 0 Å². The quantitative estimate of drug-likeness (QED) is 0.621. The first kappa shape index (κ1) is 20.2. The molecule has 26 heavy (non-hydrogen) atoms. The average Bonchev–Trinajstić information content (AvgIpc) is 2.59. The van der Waals surface area contributed by atoms with Crippen LogP contribution in [0.4, 0.5) is 0 Å². The molecule has 2 aromatic carbocycles. The Bertz CT molecular complexity index is 883. The number of rotatable bonds is 5. The third-order valence-corrected chi connectivity index (χ3v) is 7.05. The molecule has 0 amide bonds.